The summed E-state index contributed by atoms with van der Waals surface area (Å²) in [4.78, 5) is 18.8. The third-order valence-electron chi connectivity index (χ3n) is 3.78. The SMILES string of the molecule is CC(CC(O)(O)c1ccc(O)cc1P(=O)(O)O)c1ccc(O)cc1. The zero-order chi connectivity index (χ0) is 18.1. The van der Waals surface area contributed by atoms with Gasteiger partial charge in [0.2, 0.25) is 0 Å². The predicted molar refractivity (Wildman–Crippen MR) is 87.0 cm³/mol. The molecule has 7 nitrogen and oxygen atoms in total. The van der Waals surface area contributed by atoms with Crippen molar-refractivity contribution in [2.24, 2.45) is 0 Å². The summed E-state index contributed by atoms with van der Waals surface area (Å²) in [5.41, 5.74) is 0.357. The minimum atomic E-state index is -4.81. The predicted octanol–water partition coefficient (Wildman–Crippen LogP) is 1.23. The largest absolute Gasteiger partial charge is 0.508 e. The van der Waals surface area contributed by atoms with E-state index in [4.69, 9.17) is 0 Å². The van der Waals surface area contributed by atoms with Gasteiger partial charge in [-0.3, -0.25) is 4.57 Å². The number of aliphatic hydroxyl groups is 2. The molecular weight excluding hydrogens is 335 g/mol. The van der Waals surface area contributed by atoms with Crippen LogP contribution < -0.4 is 5.30 Å². The maximum atomic E-state index is 11.6. The van der Waals surface area contributed by atoms with Crippen LogP contribution in [0.5, 0.6) is 11.5 Å². The fourth-order valence-corrected chi connectivity index (χ4v) is 3.43. The number of phenols is 2. The van der Waals surface area contributed by atoms with Crippen LogP contribution in [0, 0.1) is 0 Å². The Morgan fingerprint density at radius 1 is 1.00 bits per heavy atom. The zero-order valence-electron chi connectivity index (χ0n) is 12.9. The van der Waals surface area contributed by atoms with Gasteiger partial charge in [-0.05, 0) is 41.8 Å². The van der Waals surface area contributed by atoms with Crippen molar-refractivity contribution >= 4 is 12.9 Å². The summed E-state index contributed by atoms with van der Waals surface area (Å²) in [6, 6.07) is 9.19. The van der Waals surface area contributed by atoms with Gasteiger partial charge in [-0.1, -0.05) is 19.1 Å². The Bertz CT molecular complexity index is 764. The summed E-state index contributed by atoms with van der Waals surface area (Å²) < 4.78 is 11.6. The van der Waals surface area contributed by atoms with E-state index in [2.05, 4.69) is 0 Å². The van der Waals surface area contributed by atoms with Gasteiger partial charge in [0.05, 0.1) is 5.30 Å². The molecule has 2 rings (SSSR count). The zero-order valence-corrected chi connectivity index (χ0v) is 13.8. The number of hydrogen-bond acceptors (Lipinski definition) is 5. The Kier molecular flexibility index (Phi) is 5.03. The summed E-state index contributed by atoms with van der Waals surface area (Å²) >= 11 is 0. The molecule has 0 saturated carbocycles. The third-order valence-corrected chi connectivity index (χ3v) is 4.78. The van der Waals surface area contributed by atoms with Gasteiger partial charge in [0, 0.05) is 12.0 Å². The van der Waals surface area contributed by atoms with Gasteiger partial charge in [0.1, 0.15) is 11.5 Å². The molecule has 1 unspecified atom stereocenters. The Labute approximate surface area is 138 Å². The molecule has 0 radical (unpaired) electrons. The van der Waals surface area contributed by atoms with Gasteiger partial charge < -0.3 is 30.2 Å². The van der Waals surface area contributed by atoms with Crippen molar-refractivity contribution in [2.45, 2.75) is 25.0 Å². The molecule has 2 aromatic rings. The molecule has 2 aromatic carbocycles. The smallest absolute Gasteiger partial charge is 0.356 e. The first-order valence-electron chi connectivity index (χ1n) is 7.14. The molecule has 0 amide bonds. The molecule has 6 N–H and O–H groups in total. The van der Waals surface area contributed by atoms with E-state index in [0.29, 0.717) is 0 Å². The van der Waals surface area contributed by atoms with Crippen molar-refractivity contribution in [2.75, 3.05) is 0 Å². The lowest BCUT2D eigenvalue weighted by Crippen LogP contribution is -2.32. The number of phenolic OH excluding ortho intramolecular Hbond substituents is 2. The molecule has 8 heteroatoms. The lowest BCUT2D eigenvalue weighted by atomic mass is 9.90. The average molecular weight is 354 g/mol. The van der Waals surface area contributed by atoms with Crippen LogP contribution in [0.15, 0.2) is 42.5 Å². The molecule has 0 aliphatic heterocycles. The van der Waals surface area contributed by atoms with Gasteiger partial charge in [0.25, 0.3) is 0 Å². The maximum absolute atomic E-state index is 11.6. The lowest BCUT2D eigenvalue weighted by molar-refractivity contribution is -0.176. The molecule has 130 valence electrons. The molecule has 0 bridgehead atoms. The van der Waals surface area contributed by atoms with Gasteiger partial charge in [-0.15, -0.1) is 0 Å². The Morgan fingerprint density at radius 3 is 2.08 bits per heavy atom. The summed E-state index contributed by atoms with van der Waals surface area (Å²) in [5, 5.41) is 38.9. The van der Waals surface area contributed by atoms with E-state index in [-0.39, 0.29) is 29.4 Å². The molecule has 0 saturated heterocycles. The molecular formula is C16H19O7P. The fraction of sp³-hybridized carbons (Fsp3) is 0.250. The molecule has 0 heterocycles. The average Bonchev–Trinajstić information content (AvgIpc) is 2.46. The second-order valence-electron chi connectivity index (χ2n) is 5.76. The van der Waals surface area contributed by atoms with Crippen LogP contribution in [0.4, 0.5) is 0 Å². The van der Waals surface area contributed by atoms with Crippen LogP contribution in [-0.2, 0) is 10.4 Å². The fourth-order valence-electron chi connectivity index (χ4n) is 2.56. The van der Waals surface area contributed by atoms with E-state index in [1.165, 1.54) is 12.1 Å². The molecule has 24 heavy (non-hydrogen) atoms. The van der Waals surface area contributed by atoms with Gasteiger partial charge in [-0.2, -0.15) is 0 Å². The van der Waals surface area contributed by atoms with Crippen LogP contribution in [0.25, 0.3) is 0 Å². The third kappa shape index (κ3) is 4.14. The van der Waals surface area contributed by atoms with Crippen molar-refractivity contribution in [1.29, 1.82) is 0 Å². The minimum Gasteiger partial charge on any atom is -0.508 e. The van der Waals surface area contributed by atoms with Crippen molar-refractivity contribution < 1.29 is 34.8 Å². The molecule has 1 atom stereocenters. The molecule has 0 aromatic heterocycles. The van der Waals surface area contributed by atoms with E-state index < -0.39 is 18.7 Å². The second-order valence-corrected chi connectivity index (χ2v) is 7.33. The van der Waals surface area contributed by atoms with Crippen LogP contribution >= 0.6 is 7.60 Å². The highest BCUT2D eigenvalue weighted by atomic mass is 31.2. The van der Waals surface area contributed by atoms with Crippen LogP contribution in [0.2, 0.25) is 0 Å². The van der Waals surface area contributed by atoms with Crippen LogP contribution in [-0.4, -0.2) is 30.2 Å². The van der Waals surface area contributed by atoms with Crippen molar-refractivity contribution in [3.63, 3.8) is 0 Å². The first-order chi connectivity index (χ1) is 11.0. The standard InChI is InChI=1S/C16H19O7P/c1-10(11-2-4-12(17)5-3-11)9-16(19,20)14-7-6-13(18)8-15(14)24(21,22)23/h2-8,10,17-20H,9H2,1H3,(H2,21,22,23). The van der Waals surface area contributed by atoms with E-state index in [1.807, 2.05) is 0 Å². The van der Waals surface area contributed by atoms with Gasteiger partial charge >= 0.3 is 7.60 Å². The first-order valence-corrected chi connectivity index (χ1v) is 8.75. The molecule has 0 aliphatic carbocycles. The van der Waals surface area contributed by atoms with E-state index in [9.17, 15) is 34.8 Å². The first kappa shape index (κ1) is 18.4. The van der Waals surface area contributed by atoms with Crippen LogP contribution in [0.1, 0.15) is 30.4 Å². The quantitative estimate of drug-likeness (QED) is 0.351. The topological polar surface area (TPSA) is 138 Å². The molecule has 0 aliphatic rings. The summed E-state index contributed by atoms with van der Waals surface area (Å²) in [6.07, 6.45) is -0.241. The minimum absolute atomic E-state index is 0.0764. The highest BCUT2D eigenvalue weighted by Gasteiger charge is 2.36. The highest BCUT2D eigenvalue weighted by molar-refractivity contribution is 7.60. The lowest BCUT2D eigenvalue weighted by Gasteiger charge is -2.28. The van der Waals surface area contributed by atoms with Gasteiger partial charge in [-0.25, -0.2) is 0 Å². The number of rotatable bonds is 5. The Balaban J connectivity index is 2.37. The van der Waals surface area contributed by atoms with Crippen molar-refractivity contribution in [3.05, 3.63) is 53.6 Å². The normalized spacial score (nSPS) is 13.7. The Hall–Kier alpha value is -1.89. The second kappa shape index (κ2) is 6.55. The summed E-state index contributed by atoms with van der Waals surface area (Å²) in [7, 11) is -4.81. The van der Waals surface area contributed by atoms with Gasteiger partial charge in [0.15, 0.2) is 5.79 Å². The van der Waals surface area contributed by atoms with Crippen molar-refractivity contribution in [1.82, 2.24) is 0 Å². The monoisotopic (exact) mass is 354 g/mol. The van der Waals surface area contributed by atoms with E-state index >= 15 is 0 Å². The summed E-state index contributed by atoms with van der Waals surface area (Å²) in [6.45, 7) is 1.71. The van der Waals surface area contributed by atoms with Crippen molar-refractivity contribution in [3.8, 4) is 11.5 Å². The number of hydrogen-bond donors (Lipinski definition) is 6. The van der Waals surface area contributed by atoms with E-state index in [1.54, 1.807) is 19.1 Å². The molecule has 0 fully saturated rings. The van der Waals surface area contributed by atoms with E-state index in [0.717, 1.165) is 23.8 Å². The number of benzene rings is 2. The maximum Gasteiger partial charge on any atom is 0.356 e. The Morgan fingerprint density at radius 2 is 1.54 bits per heavy atom. The summed E-state index contributed by atoms with van der Waals surface area (Å²) in [5.74, 6) is -3.20. The van der Waals surface area contributed by atoms with Crippen LogP contribution in [0.3, 0.4) is 0 Å². The highest BCUT2D eigenvalue weighted by Crippen LogP contribution is 2.40. The number of aromatic hydroxyl groups is 2. The molecule has 0 spiro atoms.